The van der Waals surface area contributed by atoms with Crippen LogP contribution in [0.15, 0.2) is 22.7 Å². The van der Waals surface area contributed by atoms with Gasteiger partial charge in [-0.25, -0.2) is 0 Å². The van der Waals surface area contributed by atoms with Crippen LogP contribution in [0.2, 0.25) is 0 Å². The lowest BCUT2D eigenvalue weighted by Gasteiger charge is -2.11. The summed E-state index contributed by atoms with van der Waals surface area (Å²) in [5.74, 6) is 1.02. The third kappa shape index (κ3) is 2.24. The molecule has 0 saturated heterocycles. The lowest BCUT2D eigenvalue weighted by Crippen LogP contribution is -2.17. The van der Waals surface area contributed by atoms with Crippen LogP contribution in [-0.2, 0) is 0 Å². The van der Waals surface area contributed by atoms with E-state index in [-0.39, 0.29) is 5.92 Å². The fraction of sp³-hybridized carbons (Fsp3) is 0.500. The van der Waals surface area contributed by atoms with Gasteiger partial charge in [-0.05, 0) is 52.4 Å². The largest absolute Gasteiger partial charge is 0.496 e. The van der Waals surface area contributed by atoms with Crippen LogP contribution in [0.5, 0.6) is 5.75 Å². The van der Waals surface area contributed by atoms with Crippen molar-refractivity contribution in [2.75, 3.05) is 7.11 Å². The van der Waals surface area contributed by atoms with Crippen LogP contribution in [0.25, 0.3) is 0 Å². The summed E-state index contributed by atoms with van der Waals surface area (Å²) in [5, 5.41) is 19.0. The van der Waals surface area contributed by atoms with Crippen LogP contribution in [0.1, 0.15) is 24.3 Å². The van der Waals surface area contributed by atoms with E-state index in [1.165, 1.54) is 0 Å². The number of rotatable bonds is 2. The highest BCUT2D eigenvalue weighted by Crippen LogP contribution is 2.37. The van der Waals surface area contributed by atoms with Gasteiger partial charge in [0.15, 0.2) is 0 Å². The fourth-order valence-electron chi connectivity index (χ4n) is 2.20. The average molecular weight is 287 g/mol. The number of halogens is 1. The number of hydrogen-bond donors (Lipinski definition) is 2. The first-order valence-corrected chi connectivity index (χ1v) is 6.10. The summed E-state index contributed by atoms with van der Waals surface area (Å²) in [7, 11) is 1.63. The molecule has 1 aromatic carbocycles. The van der Waals surface area contributed by atoms with Crippen LogP contribution >= 0.6 is 15.9 Å². The van der Waals surface area contributed by atoms with E-state index in [0.29, 0.717) is 12.8 Å². The van der Waals surface area contributed by atoms with Crippen molar-refractivity contribution in [1.29, 1.82) is 0 Å². The normalized spacial score (nSPS) is 29.4. The molecule has 1 fully saturated rings. The molecule has 0 radical (unpaired) electrons. The van der Waals surface area contributed by atoms with Gasteiger partial charge in [0.1, 0.15) is 5.75 Å². The summed E-state index contributed by atoms with van der Waals surface area (Å²) in [5.41, 5.74) is 1.13. The SMILES string of the molecule is COc1ccc([C@@H]2C[C@@H](O)[C@@H](O)C2)cc1Br. The van der Waals surface area contributed by atoms with Gasteiger partial charge in [-0.2, -0.15) is 0 Å². The molecule has 0 unspecified atom stereocenters. The minimum absolute atomic E-state index is 0.229. The molecule has 88 valence electrons. The lowest BCUT2D eigenvalue weighted by atomic mass is 9.97. The number of methoxy groups -OCH3 is 1. The maximum absolute atomic E-state index is 9.51. The molecule has 0 bridgehead atoms. The number of ether oxygens (including phenoxy) is 1. The average Bonchev–Trinajstić information content (AvgIpc) is 2.59. The number of hydrogen-bond acceptors (Lipinski definition) is 3. The minimum atomic E-state index is -0.592. The molecule has 3 atom stereocenters. The van der Waals surface area contributed by atoms with Crippen LogP contribution in [0, 0.1) is 0 Å². The quantitative estimate of drug-likeness (QED) is 0.875. The summed E-state index contributed by atoms with van der Waals surface area (Å²) in [6.45, 7) is 0. The van der Waals surface area contributed by atoms with Crippen LogP contribution in [-0.4, -0.2) is 29.5 Å². The van der Waals surface area contributed by atoms with E-state index in [0.717, 1.165) is 15.8 Å². The first-order chi connectivity index (χ1) is 7.61. The molecule has 0 heterocycles. The Balaban J connectivity index is 2.19. The number of aliphatic hydroxyl groups excluding tert-OH is 2. The molecule has 2 rings (SSSR count). The Bertz CT molecular complexity index is 371. The van der Waals surface area contributed by atoms with Crippen molar-refractivity contribution in [1.82, 2.24) is 0 Å². The second-order valence-corrected chi connectivity index (χ2v) is 5.05. The zero-order valence-electron chi connectivity index (χ0n) is 9.06. The maximum Gasteiger partial charge on any atom is 0.133 e. The number of aliphatic hydroxyl groups is 2. The van der Waals surface area contributed by atoms with Gasteiger partial charge < -0.3 is 14.9 Å². The summed E-state index contributed by atoms with van der Waals surface area (Å²) in [6, 6.07) is 5.88. The standard InChI is InChI=1S/C12H15BrO3/c1-16-12-3-2-7(4-9(12)13)8-5-10(14)11(15)6-8/h2-4,8,10-11,14-15H,5-6H2,1H3/t8-,10-,11+. The summed E-state index contributed by atoms with van der Waals surface area (Å²) in [6.07, 6.45) is 0.0663. The molecule has 0 aromatic heterocycles. The third-order valence-electron chi connectivity index (χ3n) is 3.14. The van der Waals surface area contributed by atoms with Gasteiger partial charge in [-0.3, -0.25) is 0 Å². The van der Waals surface area contributed by atoms with Gasteiger partial charge in [0.25, 0.3) is 0 Å². The van der Waals surface area contributed by atoms with Crippen molar-refractivity contribution in [3.8, 4) is 5.75 Å². The van der Waals surface area contributed by atoms with Gasteiger partial charge in [0, 0.05) is 0 Å². The molecule has 0 amide bonds. The minimum Gasteiger partial charge on any atom is -0.496 e. The molecule has 1 aliphatic rings. The van der Waals surface area contributed by atoms with Crippen LogP contribution in [0.4, 0.5) is 0 Å². The first kappa shape index (κ1) is 11.9. The third-order valence-corrected chi connectivity index (χ3v) is 3.76. The van der Waals surface area contributed by atoms with E-state index < -0.39 is 12.2 Å². The lowest BCUT2D eigenvalue weighted by molar-refractivity contribution is 0.0438. The van der Waals surface area contributed by atoms with Crippen molar-refractivity contribution in [2.45, 2.75) is 31.0 Å². The highest BCUT2D eigenvalue weighted by atomic mass is 79.9. The number of benzene rings is 1. The molecular formula is C12H15BrO3. The Morgan fingerprint density at radius 1 is 1.25 bits per heavy atom. The summed E-state index contributed by atoms with van der Waals surface area (Å²) >= 11 is 3.43. The molecule has 4 heteroatoms. The molecule has 1 aliphatic carbocycles. The second kappa shape index (κ2) is 4.73. The molecule has 2 N–H and O–H groups in total. The van der Waals surface area contributed by atoms with E-state index in [1.54, 1.807) is 7.11 Å². The Labute approximate surface area is 103 Å². The van der Waals surface area contributed by atoms with Crippen LogP contribution in [0.3, 0.4) is 0 Å². The van der Waals surface area contributed by atoms with E-state index in [4.69, 9.17) is 4.74 Å². The fourth-order valence-corrected chi connectivity index (χ4v) is 2.76. The Morgan fingerprint density at radius 2 is 1.88 bits per heavy atom. The molecule has 0 spiro atoms. The first-order valence-electron chi connectivity index (χ1n) is 5.31. The van der Waals surface area contributed by atoms with E-state index in [2.05, 4.69) is 15.9 Å². The Morgan fingerprint density at radius 3 is 2.38 bits per heavy atom. The molecular weight excluding hydrogens is 272 g/mol. The molecule has 3 nitrogen and oxygen atoms in total. The van der Waals surface area contributed by atoms with Gasteiger partial charge in [0.2, 0.25) is 0 Å². The summed E-state index contributed by atoms with van der Waals surface area (Å²) < 4.78 is 6.07. The smallest absolute Gasteiger partial charge is 0.133 e. The molecule has 0 aliphatic heterocycles. The zero-order chi connectivity index (χ0) is 11.7. The highest BCUT2D eigenvalue weighted by molar-refractivity contribution is 9.10. The van der Waals surface area contributed by atoms with E-state index in [9.17, 15) is 10.2 Å². The monoisotopic (exact) mass is 286 g/mol. The zero-order valence-corrected chi connectivity index (χ0v) is 10.6. The Kier molecular flexibility index (Phi) is 3.52. The van der Waals surface area contributed by atoms with Gasteiger partial charge >= 0.3 is 0 Å². The summed E-state index contributed by atoms with van der Waals surface area (Å²) in [4.78, 5) is 0. The molecule has 1 aromatic rings. The van der Waals surface area contributed by atoms with E-state index >= 15 is 0 Å². The molecule has 16 heavy (non-hydrogen) atoms. The van der Waals surface area contributed by atoms with E-state index in [1.807, 2.05) is 18.2 Å². The second-order valence-electron chi connectivity index (χ2n) is 4.20. The van der Waals surface area contributed by atoms with Gasteiger partial charge in [-0.1, -0.05) is 6.07 Å². The highest BCUT2D eigenvalue weighted by Gasteiger charge is 2.32. The molecule has 1 saturated carbocycles. The van der Waals surface area contributed by atoms with Crippen LogP contribution < -0.4 is 4.74 Å². The van der Waals surface area contributed by atoms with Crippen molar-refractivity contribution in [2.24, 2.45) is 0 Å². The van der Waals surface area contributed by atoms with Crippen molar-refractivity contribution in [3.63, 3.8) is 0 Å². The Hall–Kier alpha value is -0.580. The maximum atomic E-state index is 9.51. The topological polar surface area (TPSA) is 49.7 Å². The van der Waals surface area contributed by atoms with Gasteiger partial charge in [0.05, 0.1) is 23.8 Å². The van der Waals surface area contributed by atoms with Gasteiger partial charge in [-0.15, -0.1) is 0 Å². The van der Waals surface area contributed by atoms with Crippen molar-refractivity contribution in [3.05, 3.63) is 28.2 Å². The van der Waals surface area contributed by atoms with Crippen molar-refractivity contribution >= 4 is 15.9 Å². The predicted molar refractivity (Wildman–Crippen MR) is 64.7 cm³/mol. The van der Waals surface area contributed by atoms with Crippen molar-refractivity contribution < 1.29 is 14.9 Å². The predicted octanol–water partition coefficient (Wildman–Crippen LogP) is 2.06.